The van der Waals surface area contributed by atoms with Gasteiger partial charge in [0.1, 0.15) is 12.2 Å². The van der Waals surface area contributed by atoms with Gasteiger partial charge < -0.3 is 9.67 Å². The summed E-state index contributed by atoms with van der Waals surface area (Å²) in [4.78, 5) is 13.4. The Kier molecular flexibility index (Phi) is 2.50. The first-order valence-corrected chi connectivity index (χ1v) is 3.62. The number of rotatable bonds is 2. The van der Waals surface area contributed by atoms with Gasteiger partial charge in [-0.05, 0) is 0 Å². The van der Waals surface area contributed by atoms with Gasteiger partial charge in [-0.3, -0.25) is 4.79 Å². The van der Waals surface area contributed by atoms with Crippen molar-refractivity contribution in [3.8, 4) is 0 Å². The van der Waals surface area contributed by atoms with Crippen LogP contribution in [-0.2, 0) is 24.4 Å². The molecule has 0 amide bonds. The van der Waals surface area contributed by atoms with Crippen LogP contribution in [-0.4, -0.2) is 20.6 Å². The predicted molar refractivity (Wildman–Crippen MR) is 39.5 cm³/mol. The molecule has 78 valence electrons. The van der Waals surface area contributed by atoms with Gasteiger partial charge in [-0.25, -0.2) is 4.98 Å². The minimum absolute atomic E-state index is 0.121. The van der Waals surface area contributed by atoms with E-state index >= 15 is 0 Å². The van der Waals surface area contributed by atoms with Gasteiger partial charge in [0.25, 0.3) is 0 Å². The Morgan fingerprint density at radius 3 is 2.57 bits per heavy atom. The second kappa shape index (κ2) is 3.32. The summed E-state index contributed by atoms with van der Waals surface area (Å²) < 4.78 is 37.3. The fourth-order valence-corrected chi connectivity index (χ4v) is 0.941. The van der Waals surface area contributed by atoms with E-state index in [9.17, 15) is 18.0 Å². The summed E-state index contributed by atoms with van der Waals surface area (Å²) in [6, 6.07) is 0. The molecule has 0 fully saturated rings. The summed E-state index contributed by atoms with van der Waals surface area (Å²) in [5.41, 5.74) is -1.07. The molecule has 4 nitrogen and oxygen atoms in total. The molecular formula is C7H7F3N2O2. The smallest absolute Gasteiger partial charge is 0.434 e. The monoisotopic (exact) mass is 208 g/mol. The summed E-state index contributed by atoms with van der Waals surface area (Å²) in [6.45, 7) is 0. The molecule has 0 saturated carbocycles. The van der Waals surface area contributed by atoms with Gasteiger partial charge in [0.15, 0.2) is 5.69 Å². The van der Waals surface area contributed by atoms with Crippen LogP contribution < -0.4 is 0 Å². The van der Waals surface area contributed by atoms with Crippen molar-refractivity contribution in [3.05, 3.63) is 17.7 Å². The van der Waals surface area contributed by atoms with E-state index in [1.54, 1.807) is 0 Å². The Morgan fingerprint density at radius 2 is 2.21 bits per heavy atom. The molecule has 0 saturated heterocycles. The van der Waals surface area contributed by atoms with E-state index in [1.807, 2.05) is 0 Å². The van der Waals surface area contributed by atoms with Gasteiger partial charge in [0.2, 0.25) is 0 Å². The van der Waals surface area contributed by atoms with Crippen LogP contribution in [0.2, 0.25) is 0 Å². The molecule has 7 heteroatoms. The lowest BCUT2D eigenvalue weighted by atomic mass is 10.4. The van der Waals surface area contributed by atoms with Crippen molar-refractivity contribution in [2.24, 2.45) is 7.05 Å². The van der Waals surface area contributed by atoms with Gasteiger partial charge in [-0.1, -0.05) is 0 Å². The van der Waals surface area contributed by atoms with Crippen LogP contribution in [0.15, 0.2) is 6.20 Å². The number of carboxylic acid groups (broad SMARTS) is 1. The maximum atomic E-state index is 12.1. The first kappa shape index (κ1) is 10.6. The summed E-state index contributed by atoms with van der Waals surface area (Å²) in [7, 11) is 1.32. The van der Waals surface area contributed by atoms with Gasteiger partial charge in [0.05, 0.1) is 0 Å². The van der Waals surface area contributed by atoms with Gasteiger partial charge in [-0.15, -0.1) is 0 Å². The quantitative estimate of drug-likeness (QED) is 0.790. The second-order valence-corrected chi connectivity index (χ2v) is 2.72. The van der Waals surface area contributed by atoms with Gasteiger partial charge in [0, 0.05) is 13.2 Å². The third-order valence-corrected chi connectivity index (χ3v) is 1.57. The molecule has 0 bridgehead atoms. The third kappa shape index (κ3) is 2.24. The van der Waals surface area contributed by atoms with Crippen molar-refractivity contribution in [2.45, 2.75) is 12.6 Å². The first-order valence-electron chi connectivity index (χ1n) is 3.62. The first-order chi connectivity index (χ1) is 6.30. The van der Waals surface area contributed by atoms with E-state index in [0.717, 1.165) is 10.8 Å². The number of aryl methyl sites for hydroxylation is 1. The number of imidazole rings is 1. The molecule has 14 heavy (non-hydrogen) atoms. The van der Waals surface area contributed by atoms with Crippen molar-refractivity contribution in [1.29, 1.82) is 0 Å². The lowest BCUT2D eigenvalue weighted by molar-refractivity contribution is -0.141. The van der Waals surface area contributed by atoms with E-state index in [1.165, 1.54) is 7.05 Å². The molecule has 0 aliphatic carbocycles. The van der Waals surface area contributed by atoms with Crippen LogP contribution in [0, 0.1) is 0 Å². The SMILES string of the molecule is Cn1cc(C(F)(F)F)nc1CC(=O)O. The van der Waals surface area contributed by atoms with Crippen molar-refractivity contribution >= 4 is 5.97 Å². The van der Waals surface area contributed by atoms with Crippen LogP contribution >= 0.6 is 0 Å². The van der Waals surface area contributed by atoms with Crippen molar-refractivity contribution < 1.29 is 23.1 Å². The minimum Gasteiger partial charge on any atom is -0.481 e. The van der Waals surface area contributed by atoms with E-state index in [-0.39, 0.29) is 5.82 Å². The molecule has 0 radical (unpaired) electrons. The molecule has 0 spiro atoms. The highest BCUT2D eigenvalue weighted by Gasteiger charge is 2.34. The van der Waals surface area contributed by atoms with Crippen LogP contribution in [0.25, 0.3) is 0 Å². The van der Waals surface area contributed by atoms with E-state index in [2.05, 4.69) is 4.98 Å². The maximum Gasteiger partial charge on any atom is 0.434 e. The molecule has 0 aliphatic heterocycles. The Hall–Kier alpha value is -1.53. The standard InChI is InChI=1S/C7H7F3N2O2/c1-12-3-4(7(8,9)10)11-5(12)2-6(13)14/h3H,2H2,1H3,(H,13,14). The molecule has 1 heterocycles. The molecule has 0 aromatic carbocycles. The summed E-state index contributed by atoms with van der Waals surface area (Å²) in [6.07, 6.45) is -4.29. The summed E-state index contributed by atoms with van der Waals surface area (Å²) in [5, 5.41) is 8.37. The Labute approximate surface area is 77.0 Å². The average molecular weight is 208 g/mol. The van der Waals surface area contributed by atoms with Crippen molar-refractivity contribution in [1.82, 2.24) is 9.55 Å². The topological polar surface area (TPSA) is 55.1 Å². The van der Waals surface area contributed by atoms with Crippen LogP contribution in [0.1, 0.15) is 11.5 Å². The highest BCUT2D eigenvalue weighted by molar-refractivity contribution is 5.69. The average Bonchev–Trinajstić information content (AvgIpc) is 2.30. The zero-order chi connectivity index (χ0) is 10.9. The van der Waals surface area contributed by atoms with Crippen LogP contribution in [0.4, 0.5) is 13.2 Å². The third-order valence-electron chi connectivity index (χ3n) is 1.57. The zero-order valence-corrected chi connectivity index (χ0v) is 7.17. The Morgan fingerprint density at radius 1 is 1.64 bits per heavy atom. The summed E-state index contributed by atoms with van der Waals surface area (Å²) in [5.74, 6) is -1.34. The number of aromatic nitrogens is 2. The highest BCUT2D eigenvalue weighted by atomic mass is 19.4. The molecule has 0 unspecified atom stereocenters. The van der Waals surface area contributed by atoms with Crippen molar-refractivity contribution in [3.63, 3.8) is 0 Å². The zero-order valence-electron chi connectivity index (χ0n) is 7.17. The van der Waals surface area contributed by atoms with E-state index < -0.39 is 24.3 Å². The Balaban J connectivity index is 2.99. The van der Waals surface area contributed by atoms with Crippen LogP contribution in [0.3, 0.4) is 0 Å². The molecule has 1 rings (SSSR count). The Bertz CT molecular complexity index is 356. The molecule has 0 atom stereocenters. The minimum atomic E-state index is -4.53. The number of hydrogen-bond acceptors (Lipinski definition) is 2. The van der Waals surface area contributed by atoms with E-state index in [4.69, 9.17) is 5.11 Å². The maximum absolute atomic E-state index is 12.1. The molecule has 1 aromatic heterocycles. The largest absolute Gasteiger partial charge is 0.481 e. The highest BCUT2D eigenvalue weighted by Crippen LogP contribution is 2.27. The normalized spacial score (nSPS) is 11.7. The summed E-state index contributed by atoms with van der Waals surface area (Å²) >= 11 is 0. The second-order valence-electron chi connectivity index (χ2n) is 2.72. The lowest BCUT2D eigenvalue weighted by Crippen LogP contribution is -2.07. The number of halogens is 3. The number of aliphatic carboxylic acids is 1. The number of nitrogens with zero attached hydrogens (tertiary/aromatic N) is 2. The fraction of sp³-hybridized carbons (Fsp3) is 0.429. The number of carbonyl (C=O) groups is 1. The molecule has 1 N–H and O–H groups in total. The van der Waals surface area contributed by atoms with E-state index in [0.29, 0.717) is 0 Å². The van der Waals surface area contributed by atoms with Crippen LogP contribution in [0.5, 0.6) is 0 Å². The molecule has 1 aromatic rings. The lowest BCUT2D eigenvalue weighted by Gasteiger charge is -1.98. The molecular weight excluding hydrogens is 201 g/mol. The number of alkyl halides is 3. The number of hydrogen-bond donors (Lipinski definition) is 1. The van der Waals surface area contributed by atoms with Crippen molar-refractivity contribution in [2.75, 3.05) is 0 Å². The fourth-order valence-electron chi connectivity index (χ4n) is 0.941. The predicted octanol–water partition coefficient (Wildman–Crippen LogP) is 1.07. The van der Waals surface area contributed by atoms with Gasteiger partial charge in [-0.2, -0.15) is 13.2 Å². The van der Waals surface area contributed by atoms with Gasteiger partial charge >= 0.3 is 12.1 Å². The molecule has 0 aliphatic rings. The number of carboxylic acids is 1.